The van der Waals surface area contributed by atoms with Gasteiger partial charge in [0.25, 0.3) is 0 Å². The standard InChI is InChI=1S/C14H17ClN2S/c1-4-11(14(15)18-3)13-6-5-10-9-17(2)8-7-12(10)16-13/h4-6H,1,7-9H2,2-3H3/b14-11+. The van der Waals surface area contributed by atoms with Crippen LogP contribution in [0.15, 0.2) is 29.2 Å². The quantitative estimate of drug-likeness (QED) is 0.788. The van der Waals surface area contributed by atoms with Crippen LogP contribution in [-0.4, -0.2) is 29.7 Å². The summed E-state index contributed by atoms with van der Waals surface area (Å²) < 4.78 is 0.741. The second-order valence-electron chi connectivity index (χ2n) is 4.39. The van der Waals surface area contributed by atoms with Gasteiger partial charge in [-0.25, -0.2) is 0 Å². The molecule has 0 N–H and O–H groups in total. The van der Waals surface area contributed by atoms with E-state index in [2.05, 4.69) is 24.6 Å². The fraction of sp³-hybridized carbons (Fsp3) is 0.357. The molecule has 1 aromatic rings. The first kappa shape index (κ1) is 13.7. The number of rotatable bonds is 3. The van der Waals surface area contributed by atoms with Crippen LogP contribution in [0, 0.1) is 0 Å². The van der Waals surface area contributed by atoms with Gasteiger partial charge in [-0.05, 0) is 24.9 Å². The van der Waals surface area contributed by atoms with Gasteiger partial charge in [0.15, 0.2) is 0 Å². The third kappa shape index (κ3) is 2.79. The van der Waals surface area contributed by atoms with Crippen molar-refractivity contribution in [3.05, 3.63) is 46.1 Å². The zero-order valence-corrected chi connectivity index (χ0v) is 12.3. The molecule has 0 amide bonds. The van der Waals surface area contributed by atoms with Crippen molar-refractivity contribution in [1.82, 2.24) is 9.88 Å². The molecule has 0 aliphatic carbocycles. The van der Waals surface area contributed by atoms with Gasteiger partial charge < -0.3 is 4.90 Å². The van der Waals surface area contributed by atoms with Crippen LogP contribution in [0.3, 0.4) is 0 Å². The van der Waals surface area contributed by atoms with Crippen molar-refractivity contribution in [2.24, 2.45) is 0 Å². The number of likely N-dealkylation sites (N-methyl/N-ethyl adjacent to an activating group) is 1. The Bertz CT molecular complexity index is 497. The summed E-state index contributed by atoms with van der Waals surface area (Å²) in [6.07, 6.45) is 4.74. The predicted molar refractivity (Wildman–Crippen MR) is 80.8 cm³/mol. The van der Waals surface area contributed by atoms with Crippen LogP contribution in [-0.2, 0) is 13.0 Å². The number of pyridine rings is 1. The number of fused-ring (bicyclic) bond motifs is 1. The molecule has 1 aromatic heterocycles. The van der Waals surface area contributed by atoms with Crippen molar-refractivity contribution in [3.8, 4) is 0 Å². The molecule has 0 saturated heterocycles. The highest BCUT2D eigenvalue weighted by Gasteiger charge is 2.15. The monoisotopic (exact) mass is 280 g/mol. The lowest BCUT2D eigenvalue weighted by molar-refractivity contribution is 0.310. The highest BCUT2D eigenvalue weighted by molar-refractivity contribution is 8.04. The van der Waals surface area contributed by atoms with Gasteiger partial charge in [-0.2, -0.15) is 0 Å². The van der Waals surface area contributed by atoms with E-state index in [1.807, 2.05) is 12.3 Å². The number of hydrogen-bond acceptors (Lipinski definition) is 3. The third-order valence-electron chi connectivity index (χ3n) is 3.11. The zero-order valence-electron chi connectivity index (χ0n) is 10.7. The lowest BCUT2D eigenvalue weighted by Crippen LogP contribution is -2.27. The van der Waals surface area contributed by atoms with Gasteiger partial charge in [-0.3, -0.25) is 4.98 Å². The van der Waals surface area contributed by atoms with Crippen LogP contribution in [0.25, 0.3) is 5.57 Å². The Kier molecular flexibility index (Phi) is 4.49. The van der Waals surface area contributed by atoms with Gasteiger partial charge in [-0.1, -0.05) is 30.3 Å². The first-order valence-electron chi connectivity index (χ1n) is 5.89. The summed E-state index contributed by atoms with van der Waals surface area (Å²) in [5, 5.41) is 0. The number of thioether (sulfide) groups is 1. The van der Waals surface area contributed by atoms with Crippen molar-refractivity contribution in [2.45, 2.75) is 13.0 Å². The summed E-state index contributed by atoms with van der Waals surface area (Å²) >= 11 is 7.71. The molecule has 0 unspecified atom stereocenters. The Morgan fingerprint density at radius 1 is 1.56 bits per heavy atom. The van der Waals surface area contributed by atoms with Gasteiger partial charge in [0.1, 0.15) is 0 Å². The minimum atomic E-state index is 0.741. The molecule has 4 heteroatoms. The van der Waals surface area contributed by atoms with E-state index in [9.17, 15) is 0 Å². The van der Waals surface area contributed by atoms with Gasteiger partial charge in [0.05, 0.1) is 10.1 Å². The molecular formula is C14H17ClN2S. The smallest absolute Gasteiger partial charge is 0.0826 e. The zero-order chi connectivity index (χ0) is 13.1. The Morgan fingerprint density at radius 2 is 2.33 bits per heavy atom. The number of hydrogen-bond donors (Lipinski definition) is 0. The molecule has 0 aromatic carbocycles. The minimum absolute atomic E-state index is 0.741. The Morgan fingerprint density at radius 3 is 3.00 bits per heavy atom. The van der Waals surface area contributed by atoms with Gasteiger partial charge >= 0.3 is 0 Å². The highest BCUT2D eigenvalue weighted by Crippen LogP contribution is 2.29. The molecular weight excluding hydrogens is 264 g/mol. The van der Waals surface area contributed by atoms with E-state index >= 15 is 0 Å². The maximum Gasteiger partial charge on any atom is 0.0826 e. The molecule has 0 atom stereocenters. The van der Waals surface area contributed by atoms with Crippen molar-refractivity contribution in [2.75, 3.05) is 19.8 Å². The average molecular weight is 281 g/mol. The molecule has 0 fully saturated rings. The van der Waals surface area contributed by atoms with E-state index in [0.717, 1.165) is 35.1 Å². The second-order valence-corrected chi connectivity index (χ2v) is 5.80. The Balaban J connectivity index is 2.40. The molecule has 2 heterocycles. The summed E-state index contributed by atoms with van der Waals surface area (Å²) in [4.78, 5) is 7.04. The molecule has 2 nitrogen and oxygen atoms in total. The van der Waals surface area contributed by atoms with Crippen LogP contribution < -0.4 is 0 Å². The van der Waals surface area contributed by atoms with Crippen LogP contribution in [0.5, 0.6) is 0 Å². The number of aromatic nitrogens is 1. The second kappa shape index (κ2) is 5.91. The highest BCUT2D eigenvalue weighted by atomic mass is 35.5. The first-order chi connectivity index (χ1) is 8.65. The molecule has 0 bridgehead atoms. The lowest BCUT2D eigenvalue weighted by atomic mass is 10.0. The van der Waals surface area contributed by atoms with E-state index in [-0.39, 0.29) is 0 Å². The molecule has 1 aliphatic heterocycles. The number of allylic oxidation sites excluding steroid dienone is 2. The number of halogens is 1. The maximum absolute atomic E-state index is 6.20. The average Bonchev–Trinajstić information content (AvgIpc) is 2.39. The van der Waals surface area contributed by atoms with Crippen LogP contribution in [0.1, 0.15) is 17.0 Å². The molecule has 0 spiro atoms. The topological polar surface area (TPSA) is 16.1 Å². The largest absolute Gasteiger partial charge is 0.302 e. The van der Waals surface area contributed by atoms with Crippen LogP contribution >= 0.6 is 23.4 Å². The van der Waals surface area contributed by atoms with Gasteiger partial charge in [-0.15, -0.1) is 11.8 Å². The first-order valence-corrected chi connectivity index (χ1v) is 7.50. The fourth-order valence-electron chi connectivity index (χ4n) is 2.10. The van der Waals surface area contributed by atoms with Gasteiger partial charge in [0.2, 0.25) is 0 Å². The molecule has 2 rings (SSSR count). The summed E-state index contributed by atoms with van der Waals surface area (Å²) in [5.41, 5.74) is 4.35. The molecule has 96 valence electrons. The van der Waals surface area contributed by atoms with Crippen molar-refractivity contribution >= 4 is 28.9 Å². The molecule has 1 aliphatic rings. The normalized spacial score (nSPS) is 17.1. The van der Waals surface area contributed by atoms with Crippen molar-refractivity contribution in [3.63, 3.8) is 0 Å². The number of nitrogens with zero attached hydrogens (tertiary/aromatic N) is 2. The maximum atomic E-state index is 6.20. The van der Waals surface area contributed by atoms with Crippen LogP contribution in [0.2, 0.25) is 0 Å². The minimum Gasteiger partial charge on any atom is -0.302 e. The van der Waals surface area contributed by atoms with E-state index in [0.29, 0.717) is 0 Å². The lowest BCUT2D eigenvalue weighted by Gasteiger charge is -2.24. The van der Waals surface area contributed by atoms with E-state index in [1.54, 1.807) is 6.08 Å². The fourth-order valence-corrected chi connectivity index (χ4v) is 2.68. The Labute approximate surface area is 118 Å². The molecule has 0 radical (unpaired) electrons. The van der Waals surface area contributed by atoms with E-state index in [4.69, 9.17) is 16.6 Å². The predicted octanol–water partition coefficient (Wildman–Crippen LogP) is 3.53. The summed E-state index contributed by atoms with van der Waals surface area (Å²) in [7, 11) is 2.14. The SMILES string of the molecule is C=C/C(=C(/Cl)SC)c1ccc2c(n1)CCN(C)C2. The third-order valence-corrected chi connectivity index (χ3v) is 4.35. The molecule has 18 heavy (non-hydrogen) atoms. The Hall–Kier alpha value is -0.770. The molecule has 0 saturated carbocycles. The van der Waals surface area contributed by atoms with Crippen molar-refractivity contribution in [1.29, 1.82) is 0 Å². The van der Waals surface area contributed by atoms with Crippen LogP contribution in [0.4, 0.5) is 0 Å². The summed E-state index contributed by atoms with van der Waals surface area (Å²) in [6, 6.07) is 4.19. The summed E-state index contributed by atoms with van der Waals surface area (Å²) in [5.74, 6) is 0. The summed E-state index contributed by atoms with van der Waals surface area (Å²) in [6.45, 7) is 5.87. The van der Waals surface area contributed by atoms with E-state index < -0.39 is 0 Å². The van der Waals surface area contributed by atoms with Gasteiger partial charge in [0, 0.05) is 30.8 Å². The van der Waals surface area contributed by atoms with Crippen molar-refractivity contribution < 1.29 is 0 Å². The van der Waals surface area contributed by atoms with E-state index in [1.165, 1.54) is 23.0 Å².